The molecule has 3 aromatic heterocycles. The molecular formula is C15H18N6S. The molecule has 22 heavy (non-hydrogen) atoms. The van der Waals surface area contributed by atoms with Crippen molar-refractivity contribution in [3.8, 4) is 11.4 Å². The molecule has 3 aromatic rings. The molecule has 0 aliphatic rings. The number of aryl methyl sites for hydroxylation is 1. The van der Waals surface area contributed by atoms with Gasteiger partial charge in [-0.15, -0.1) is 10.2 Å². The lowest BCUT2D eigenvalue weighted by molar-refractivity contribution is 0.626. The number of aromatic nitrogens is 6. The zero-order valence-electron chi connectivity index (χ0n) is 12.7. The Morgan fingerprint density at radius 3 is 2.64 bits per heavy atom. The Kier molecular flexibility index (Phi) is 4.53. The Hall–Kier alpha value is -2.15. The van der Waals surface area contributed by atoms with E-state index in [-0.39, 0.29) is 0 Å². The fraction of sp³-hybridized carbons (Fsp3) is 0.333. The number of hydrogen-bond acceptors (Lipinski definition) is 5. The van der Waals surface area contributed by atoms with E-state index in [2.05, 4.69) is 31.7 Å². The summed E-state index contributed by atoms with van der Waals surface area (Å²) in [6.07, 6.45) is 8.36. The predicted octanol–water partition coefficient (Wildman–Crippen LogP) is 2.78. The minimum absolute atomic E-state index is 0.779. The first-order chi connectivity index (χ1) is 10.8. The molecule has 3 heterocycles. The summed E-state index contributed by atoms with van der Waals surface area (Å²) >= 11 is 1.66. The molecule has 6 nitrogen and oxygen atoms in total. The molecule has 0 saturated carbocycles. The van der Waals surface area contributed by atoms with Crippen LogP contribution < -0.4 is 0 Å². The van der Waals surface area contributed by atoms with Crippen LogP contribution in [0.1, 0.15) is 19.2 Å². The minimum Gasteiger partial charge on any atom is -0.337 e. The van der Waals surface area contributed by atoms with Gasteiger partial charge in [0.25, 0.3) is 0 Å². The van der Waals surface area contributed by atoms with Crippen molar-refractivity contribution in [2.24, 2.45) is 7.05 Å². The Morgan fingerprint density at radius 1 is 1.14 bits per heavy atom. The van der Waals surface area contributed by atoms with Crippen molar-refractivity contribution in [2.45, 2.75) is 30.8 Å². The van der Waals surface area contributed by atoms with Crippen molar-refractivity contribution < 1.29 is 0 Å². The van der Waals surface area contributed by atoms with E-state index < -0.39 is 0 Å². The van der Waals surface area contributed by atoms with Crippen molar-refractivity contribution in [1.29, 1.82) is 0 Å². The molecule has 0 radical (unpaired) electrons. The standard InChI is InChI=1S/C15H18N6S/c1-3-9-21-14(12-4-6-16-7-5-12)18-19-15(21)22-11-13-17-8-10-20(13)2/h4-8,10H,3,9,11H2,1-2H3. The highest BCUT2D eigenvalue weighted by Gasteiger charge is 2.14. The highest BCUT2D eigenvalue weighted by molar-refractivity contribution is 7.98. The molecule has 0 amide bonds. The fourth-order valence-electron chi connectivity index (χ4n) is 2.20. The van der Waals surface area contributed by atoms with Gasteiger partial charge < -0.3 is 9.13 Å². The minimum atomic E-state index is 0.779. The molecule has 0 aromatic carbocycles. The molecule has 0 bridgehead atoms. The van der Waals surface area contributed by atoms with Crippen LogP contribution in [-0.2, 0) is 19.3 Å². The smallest absolute Gasteiger partial charge is 0.191 e. The molecule has 114 valence electrons. The molecular weight excluding hydrogens is 296 g/mol. The fourth-order valence-corrected chi connectivity index (χ4v) is 3.17. The van der Waals surface area contributed by atoms with Gasteiger partial charge in [-0.25, -0.2) is 4.98 Å². The molecule has 0 aliphatic carbocycles. The average molecular weight is 314 g/mol. The van der Waals surface area contributed by atoms with Crippen molar-refractivity contribution in [1.82, 2.24) is 29.3 Å². The van der Waals surface area contributed by atoms with Gasteiger partial charge in [0.05, 0.1) is 5.75 Å². The quantitative estimate of drug-likeness (QED) is 0.655. The molecule has 0 spiro atoms. The number of nitrogens with zero attached hydrogens (tertiary/aromatic N) is 6. The van der Waals surface area contributed by atoms with Gasteiger partial charge >= 0.3 is 0 Å². The molecule has 3 rings (SSSR count). The summed E-state index contributed by atoms with van der Waals surface area (Å²) in [5.41, 5.74) is 1.04. The molecule has 0 unspecified atom stereocenters. The van der Waals surface area contributed by atoms with E-state index >= 15 is 0 Å². The topological polar surface area (TPSA) is 61.4 Å². The molecule has 7 heteroatoms. The molecule has 0 atom stereocenters. The van der Waals surface area contributed by atoms with Gasteiger partial charge in [0.15, 0.2) is 11.0 Å². The van der Waals surface area contributed by atoms with Crippen LogP contribution in [0.2, 0.25) is 0 Å². The van der Waals surface area contributed by atoms with E-state index in [0.717, 1.165) is 41.1 Å². The van der Waals surface area contributed by atoms with Crippen molar-refractivity contribution in [2.75, 3.05) is 0 Å². The van der Waals surface area contributed by atoms with Crippen molar-refractivity contribution in [3.63, 3.8) is 0 Å². The Bertz CT molecular complexity index is 734. The second-order valence-electron chi connectivity index (χ2n) is 4.94. The van der Waals surface area contributed by atoms with Crippen molar-refractivity contribution in [3.05, 3.63) is 42.7 Å². The van der Waals surface area contributed by atoms with Crippen LogP contribution >= 0.6 is 11.8 Å². The van der Waals surface area contributed by atoms with Gasteiger partial charge in [-0.2, -0.15) is 0 Å². The van der Waals surface area contributed by atoms with Crippen molar-refractivity contribution >= 4 is 11.8 Å². The van der Waals surface area contributed by atoms with Crippen LogP contribution in [-0.4, -0.2) is 29.3 Å². The highest BCUT2D eigenvalue weighted by Crippen LogP contribution is 2.25. The lowest BCUT2D eigenvalue weighted by atomic mass is 10.2. The number of thioether (sulfide) groups is 1. The van der Waals surface area contributed by atoms with Gasteiger partial charge in [-0.3, -0.25) is 4.98 Å². The van der Waals surface area contributed by atoms with Crippen LogP contribution in [0.5, 0.6) is 0 Å². The lowest BCUT2D eigenvalue weighted by Crippen LogP contribution is -2.02. The first-order valence-electron chi connectivity index (χ1n) is 7.22. The van der Waals surface area contributed by atoms with E-state index in [1.807, 2.05) is 36.1 Å². The van der Waals surface area contributed by atoms with Crippen LogP contribution in [0.15, 0.2) is 42.1 Å². The second-order valence-corrected chi connectivity index (χ2v) is 5.88. The van der Waals surface area contributed by atoms with Crippen LogP contribution in [0.4, 0.5) is 0 Å². The average Bonchev–Trinajstić information content (AvgIpc) is 3.13. The van der Waals surface area contributed by atoms with Gasteiger partial charge in [-0.1, -0.05) is 18.7 Å². The number of pyridine rings is 1. The normalized spacial score (nSPS) is 11.0. The maximum atomic E-state index is 4.36. The monoisotopic (exact) mass is 314 g/mol. The third-order valence-corrected chi connectivity index (χ3v) is 4.32. The third kappa shape index (κ3) is 3.04. The molecule has 0 N–H and O–H groups in total. The summed E-state index contributed by atoms with van der Waals surface area (Å²) in [6.45, 7) is 3.05. The van der Waals surface area contributed by atoms with Gasteiger partial charge in [-0.05, 0) is 18.6 Å². The predicted molar refractivity (Wildman–Crippen MR) is 86.3 cm³/mol. The zero-order valence-corrected chi connectivity index (χ0v) is 13.5. The first kappa shape index (κ1) is 14.8. The van der Waals surface area contributed by atoms with Crippen LogP contribution in [0.3, 0.4) is 0 Å². The summed E-state index contributed by atoms with van der Waals surface area (Å²) < 4.78 is 4.19. The maximum absolute atomic E-state index is 4.36. The summed E-state index contributed by atoms with van der Waals surface area (Å²) in [7, 11) is 2.00. The van der Waals surface area contributed by atoms with Gasteiger partial charge in [0.2, 0.25) is 0 Å². The van der Waals surface area contributed by atoms with Crippen LogP contribution in [0, 0.1) is 0 Å². The lowest BCUT2D eigenvalue weighted by Gasteiger charge is -2.08. The first-order valence-corrected chi connectivity index (χ1v) is 8.20. The largest absolute Gasteiger partial charge is 0.337 e. The SMILES string of the molecule is CCCn1c(SCc2nccn2C)nnc1-c1ccncc1. The Labute approximate surface area is 133 Å². The molecule has 0 saturated heterocycles. The summed E-state index contributed by atoms with van der Waals surface area (Å²) in [4.78, 5) is 8.41. The highest BCUT2D eigenvalue weighted by atomic mass is 32.2. The number of imidazole rings is 1. The maximum Gasteiger partial charge on any atom is 0.191 e. The molecule has 0 fully saturated rings. The zero-order chi connectivity index (χ0) is 15.4. The molecule has 0 aliphatic heterocycles. The van der Waals surface area contributed by atoms with E-state index in [1.165, 1.54) is 0 Å². The summed E-state index contributed by atoms with van der Waals surface area (Å²) in [6, 6.07) is 3.92. The van der Waals surface area contributed by atoms with E-state index in [9.17, 15) is 0 Å². The third-order valence-electron chi connectivity index (χ3n) is 3.35. The second kappa shape index (κ2) is 6.74. The number of rotatable bonds is 6. The van der Waals surface area contributed by atoms with E-state index in [0.29, 0.717) is 0 Å². The van der Waals surface area contributed by atoms with Gasteiger partial charge in [0, 0.05) is 43.9 Å². The van der Waals surface area contributed by atoms with Crippen LogP contribution in [0.25, 0.3) is 11.4 Å². The Balaban J connectivity index is 1.85. The van der Waals surface area contributed by atoms with E-state index in [1.54, 1.807) is 24.2 Å². The summed E-state index contributed by atoms with van der Waals surface area (Å²) in [5.74, 6) is 2.70. The Morgan fingerprint density at radius 2 is 1.95 bits per heavy atom. The van der Waals surface area contributed by atoms with Gasteiger partial charge in [0.1, 0.15) is 5.82 Å². The number of hydrogen-bond donors (Lipinski definition) is 0. The summed E-state index contributed by atoms with van der Waals surface area (Å²) in [5, 5.41) is 9.65. The van der Waals surface area contributed by atoms with E-state index in [4.69, 9.17) is 0 Å².